The fourth-order valence-corrected chi connectivity index (χ4v) is 5.65. The van der Waals surface area contributed by atoms with Crippen molar-refractivity contribution in [1.29, 1.82) is 0 Å². The second-order valence-electron chi connectivity index (χ2n) is 12.0. The Bertz CT molecular complexity index is 1170. The van der Waals surface area contributed by atoms with E-state index in [2.05, 4.69) is 28.6 Å². The molecule has 2 atom stereocenters. The molecule has 3 N–H and O–H groups in total. The smallest absolute Gasteiger partial charge is 0.242 e. The van der Waals surface area contributed by atoms with Gasteiger partial charge in [0.25, 0.3) is 0 Å². The Hall–Kier alpha value is -3.12. The zero-order chi connectivity index (χ0) is 30.0. The SMILES string of the molecule is CCCCCCCCCCCCCCNC(=O)[C@H](Cc1ccccc1)NC(=O)[C@H](Cc1c[nH]c2ccccc12)N(C)C. The van der Waals surface area contributed by atoms with Crippen molar-refractivity contribution in [1.82, 2.24) is 20.5 Å². The van der Waals surface area contributed by atoms with Gasteiger partial charge in [0.05, 0.1) is 6.04 Å². The summed E-state index contributed by atoms with van der Waals surface area (Å²) in [7, 11) is 3.83. The van der Waals surface area contributed by atoms with E-state index in [-0.39, 0.29) is 11.8 Å². The first kappa shape index (κ1) is 33.4. The molecule has 0 fully saturated rings. The number of para-hydroxylation sites is 1. The van der Waals surface area contributed by atoms with Crippen LogP contribution in [0.15, 0.2) is 60.8 Å². The van der Waals surface area contributed by atoms with Crippen LogP contribution < -0.4 is 10.6 Å². The number of nitrogens with zero attached hydrogens (tertiary/aromatic N) is 1. The van der Waals surface area contributed by atoms with Crippen molar-refractivity contribution in [3.05, 3.63) is 71.9 Å². The molecule has 0 aliphatic heterocycles. The van der Waals surface area contributed by atoms with E-state index in [0.717, 1.165) is 34.9 Å². The zero-order valence-corrected chi connectivity index (χ0v) is 26.3. The topological polar surface area (TPSA) is 77.2 Å². The van der Waals surface area contributed by atoms with Crippen molar-refractivity contribution in [3.8, 4) is 0 Å². The number of H-pyrrole nitrogens is 1. The van der Waals surface area contributed by atoms with Crippen LogP contribution >= 0.6 is 0 Å². The zero-order valence-electron chi connectivity index (χ0n) is 26.3. The van der Waals surface area contributed by atoms with E-state index in [1.165, 1.54) is 64.2 Å². The highest BCUT2D eigenvalue weighted by Gasteiger charge is 2.28. The van der Waals surface area contributed by atoms with E-state index in [1.807, 2.05) is 73.7 Å². The van der Waals surface area contributed by atoms with Gasteiger partial charge >= 0.3 is 0 Å². The lowest BCUT2D eigenvalue weighted by Gasteiger charge is -2.26. The average molecular weight is 575 g/mol. The van der Waals surface area contributed by atoms with E-state index >= 15 is 0 Å². The van der Waals surface area contributed by atoms with Crippen LogP contribution in [0, 0.1) is 0 Å². The van der Waals surface area contributed by atoms with E-state index in [4.69, 9.17) is 0 Å². The summed E-state index contributed by atoms with van der Waals surface area (Å²) in [6.07, 6.45) is 18.5. The molecule has 2 amide bonds. The molecule has 3 aromatic rings. The highest BCUT2D eigenvalue weighted by molar-refractivity contribution is 5.91. The van der Waals surface area contributed by atoms with Crippen molar-refractivity contribution in [2.75, 3.05) is 20.6 Å². The summed E-state index contributed by atoms with van der Waals surface area (Å²) < 4.78 is 0. The Morgan fingerprint density at radius 3 is 1.98 bits per heavy atom. The summed E-state index contributed by atoms with van der Waals surface area (Å²) in [6.45, 7) is 2.91. The molecule has 0 saturated heterocycles. The molecule has 0 spiro atoms. The van der Waals surface area contributed by atoms with Gasteiger partial charge in [0.15, 0.2) is 0 Å². The Kier molecular flexibility index (Phi) is 15.2. The highest BCUT2D eigenvalue weighted by Crippen LogP contribution is 2.20. The Balaban J connectivity index is 1.47. The number of amides is 2. The van der Waals surface area contributed by atoms with E-state index < -0.39 is 12.1 Å². The number of aromatic amines is 1. The summed E-state index contributed by atoms with van der Waals surface area (Å²) in [6, 6.07) is 17.0. The molecular formula is C36H54N4O2. The molecule has 0 bridgehead atoms. The molecule has 1 heterocycles. The number of carbonyl (C=O) groups is 2. The van der Waals surface area contributed by atoms with Gasteiger partial charge < -0.3 is 15.6 Å². The second kappa shape index (κ2) is 19.1. The molecule has 0 radical (unpaired) electrons. The van der Waals surface area contributed by atoms with Gasteiger partial charge in [-0.05, 0) is 44.1 Å². The first-order chi connectivity index (χ1) is 20.5. The van der Waals surface area contributed by atoms with Crippen LogP contribution in [0.1, 0.15) is 95.1 Å². The molecule has 0 aliphatic rings. The van der Waals surface area contributed by atoms with Gasteiger partial charge in [-0.3, -0.25) is 14.5 Å². The Morgan fingerprint density at radius 2 is 1.33 bits per heavy atom. The number of unbranched alkanes of at least 4 members (excludes halogenated alkanes) is 11. The van der Waals surface area contributed by atoms with Gasteiger partial charge in [-0.2, -0.15) is 0 Å². The van der Waals surface area contributed by atoms with Crippen LogP contribution in [0.4, 0.5) is 0 Å². The fourth-order valence-electron chi connectivity index (χ4n) is 5.65. The number of nitrogens with one attached hydrogen (secondary N) is 3. The van der Waals surface area contributed by atoms with Crippen LogP contribution in [0.25, 0.3) is 10.9 Å². The lowest BCUT2D eigenvalue weighted by atomic mass is 10.0. The quantitative estimate of drug-likeness (QED) is 0.118. The second-order valence-corrected chi connectivity index (χ2v) is 12.0. The van der Waals surface area contributed by atoms with Crippen LogP contribution in [0.5, 0.6) is 0 Å². The normalized spacial score (nSPS) is 12.9. The summed E-state index contributed by atoms with van der Waals surface area (Å²) in [5, 5.41) is 7.33. The van der Waals surface area contributed by atoms with Crippen molar-refractivity contribution >= 4 is 22.7 Å². The molecular weight excluding hydrogens is 520 g/mol. The van der Waals surface area contributed by atoms with E-state index in [0.29, 0.717) is 19.4 Å². The maximum Gasteiger partial charge on any atom is 0.242 e. The van der Waals surface area contributed by atoms with Gasteiger partial charge in [-0.25, -0.2) is 0 Å². The molecule has 230 valence electrons. The lowest BCUT2D eigenvalue weighted by Crippen LogP contribution is -2.54. The molecule has 0 unspecified atom stereocenters. The number of fused-ring (bicyclic) bond motifs is 1. The van der Waals surface area contributed by atoms with Gasteiger partial charge in [0.1, 0.15) is 6.04 Å². The molecule has 2 aromatic carbocycles. The Labute approximate surface area is 254 Å². The predicted octanol–water partition coefficient (Wildman–Crippen LogP) is 7.19. The molecule has 6 nitrogen and oxygen atoms in total. The first-order valence-electron chi connectivity index (χ1n) is 16.3. The van der Waals surface area contributed by atoms with Gasteiger partial charge in [-0.1, -0.05) is 126 Å². The summed E-state index contributed by atoms with van der Waals surface area (Å²) in [5.74, 6) is -0.244. The minimum absolute atomic E-state index is 0.111. The highest BCUT2D eigenvalue weighted by atomic mass is 16.2. The van der Waals surface area contributed by atoms with E-state index in [1.54, 1.807) is 0 Å². The number of hydrogen-bond donors (Lipinski definition) is 3. The summed E-state index contributed by atoms with van der Waals surface area (Å²) >= 11 is 0. The molecule has 6 heteroatoms. The molecule has 1 aromatic heterocycles. The fraction of sp³-hybridized carbons (Fsp3) is 0.556. The molecule has 0 saturated carbocycles. The van der Waals surface area contributed by atoms with Crippen LogP contribution in [0.2, 0.25) is 0 Å². The lowest BCUT2D eigenvalue weighted by molar-refractivity contribution is -0.131. The van der Waals surface area contributed by atoms with Gasteiger partial charge in [0.2, 0.25) is 11.8 Å². The molecule has 3 rings (SSSR count). The maximum absolute atomic E-state index is 13.6. The largest absolute Gasteiger partial charge is 0.361 e. The third-order valence-corrected chi connectivity index (χ3v) is 8.26. The maximum atomic E-state index is 13.6. The molecule has 42 heavy (non-hydrogen) atoms. The minimum atomic E-state index is -0.623. The summed E-state index contributed by atoms with van der Waals surface area (Å²) in [5.41, 5.74) is 3.18. The van der Waals surface area contributed by atoms with Crippen molar-refractivity contribution in [3.63, 3.8) is 0 Å². The average Bonchev–Trinajstić information content (AvgIpc) is 3.41. The third-order valence-electron chi connectivity index (χ3n) is 8.26. The number of hydrogen-bond acceptors (Lipinski definition) is 3. The van der Waals surface area contributed by atoms with Crippen molar-refractivity contribution in [2.24, 2.45) is 0 Å². The van der Waals surface area contributed by atoms with Crippen molar-refractivity contribution in [2.45, 2.75) is 109 Å². The van der Waals surface area contributed by atoms with Crippen LogP contribution in [-0.4, -0.2) is 54.4 Å². The van der Waals surface area contributed by atoms with Crippen LogP contribution in [-0.2, 0) is 22.4 Å². The monoisotopic (exact) mass is 574 g/mol. The standard InChI is InChI=1S/C36H54N4O2/c1-4-5-6-7-8-9-10-11-12-13-14-20-25-37-35(41)33(26-29-21-16-15-17-22-29)39-36(42)34(40(2)3)27-30-28-38-32-24-19-18-23-31(30)32/h15-19,21-24,28,33-34,38H,4-14,20,25-27H2,1-3H3,(H,37,41)(H,39,42)/t33-,34-/m0/s1. The number of aromatic nitrogens is 1. The van der Waals surface area contributed by atoms with Gasteiger partial charge in [0, 0.05) is 30.1 Å². The van der Waals surface area contributed by atoms with Crippen LogP contribution in [0.3, 0.4) is 0 Å². The number of likely N-dealkylation sites (N-methyl/N-ethyl adjacent to an activating group) is 1. The number of benzene rings is 2. The number of rotatable bonds is 21. The van der Waals surface area contributed by atoms with E-state index in [9.17, 15) is 9.59 Å². The Morgan fingerprint density at radius 1 is 0.738 bits per heavy atom. The van der Waals surface area contributed by atoms with Crippen molar-refractivity contribution < 1.29 is 9.59 Å². The first-order valence-corrected chi connectivity index (χ1v) is 16.3. The third kappa shape index (κ3) is 11.6. The minimum Gasteiger partial charge on any atom is -0.361 e. The predicted molar refractivity (Wildman–Crippen MR) is 176 cm³/mol. The molecule has 0 aliphatic carbocycles. The summed E-state index contributed by atoms with van der Waals surface area (Å²) in [4.78, 5) is 32.2. The van der Waals surface area contributed by atoms with Gasteiger partial charge in [-0.15, -0.1) is 0 Å². The number of carbonyl (C=O) groups excluding carboxylic acids is 2.